The van der Waals surface area contributed by atoms with Crippen LogP contribution in [0, 0.1) is 0 Å². The van der Waals surface area contributed by atoms with Gasteiger partial charge in [0.25, 0.3) is 0 Å². The topological polar surface area (TPSA) is 122 Å². The number of carbonyl (C=O) groups excluding carboxylic acids is 1. The van der Waals surface area contributed by atoms with E-state index in [-0.39, 0.29) is 17.1 Å². The summed E-state index contributed by atoms with van der Waals surface area (Å²) in [5.74, 6) is -1.15. The molecule has 0 aliphatic carbocycles. The van der Waals surface area contributed by atoms with Gasteiger partial charge in [0.05, 0.1) is 0 Å². The fourth-order valence-corrected chi connectivity index (χ4v) is 4.76. The number of anilines is 1. The summed E-state index contributed by atoms with van der Waals surface area (Å²) in [6.45, 7) is 5.03. The fourth-order valence-electron chi connectivity index (χ4n) is 3.61. The molecule has 192 valence electrons. The summed E-state index contributed by atoms with van der Waals surface area (Å²) in [6.07, 6.45) is -0.869. The monoisotopic (exact) mass is 514 g/mol. The Morgan fingerprint density at radius 2 is 1.58 bits per heavy atom. The average molecular weight is 515 g/mol. The zero-order valence-electron chi connectivity index (χ0n) is 20.8. The van der Waals surface area contributed by atoms with Gasteiger partial charge in [0, 0.05) is 37.0 Å². The maximum absolute atomic E-state index is 13.1. The van der Waals surface area contributed by atoms with Crippen molar-refractivity contribution in [2.75, 3.05) is 19.0 Å². The van der Waals surface area contributed by atoms with Gasteiger partial charge in [-0.3, -0.25) is 0 Å². The Balaban J connectivity index is 1.78. The second-order valence-corrected chi connectivity index (χ2v) is 11.0. The van der Waals surface area contributed by atoms with Crippen molar-refractivity contribution in [2.45, 2.75) is 43.7 Å². The van der Waals surface area contributed by atoms with Gasteiger partial charge in [0.2, 0.25) is 0 Å². The van der Waals surface area contributed by atoms with Crippen LogP contribution in [-0.2, 0) is 26.1 Å². The number of aliphatic carboxylic acids is 1. The number of alkyl carbamates (subject to hydrolysis) is 1. The molecular weight excluding hydrogens is 484 g/mol. The van der Waals surface area contributed by atoms with E-state index in [1.807, 2.05) is 31.1 Å². The minimum atomic E-state index is -4.15. The molecule has 36 heavy (non-hydrogen) atoms. The largest absolute Gasteiger partial charge is 0.480 e. The normalized spacial score (nSPS) is 12.6. The van der Waals surface area contributed by atoms with Crippen LogP contribution in [0.1, 0.15) is 26.3 Å². The van der Waals surface area contributed by atoms with E-state index in [1.54, 1.807) is 51.1 Å². The number of benzene rings is 3. The van der Waals surface area contributed by atoms with Gasteiger partial charge in [-0.25, -0.2) is 9.59 Å². The predicted molar refractivity (Wildman–Crippen MR) is 137 cm³/mol. The molecule has 10 heteroatoms. The second kappa shape index (κ2) is 10.4. The van der Waals surface area contributed by atoms with Crippen molar-refractivity contribution in [3.05, 3.63) is 66.2 Å². The van der Waals surface area contributed by atoms with Crippen LogP contribution in [0.15, 0.2) is 65.6 Å². The molecular formula is C26H30N2O7S. The first-order valence-corrected chi connectivity index (χ1v) is 12.6. The lowest BCUT2D eigenvalue weighted by molar-refractivity contribution is -0.139. The summed E-state index contributed by atoms with van der Waals surface area (Å²) in [4.78, 5) is 25.5. The highest BCUT2D eigenvalue weighted by Gasteiger charge is 2.25. The zero-order chi connectivity index (χ0) is 26.7. The van der Waals surface area contributed by atoms with Crippen LogP contribution >= 0.6 is 0 Å². The number of nitrogens with one attached hydrogen (secondary N) is 1. The molecule has 0 radical (unpaired) electrons. The first-order valence-electron chi connectivity index (χ1n) is 11.2. The summed E-state index contributed by atoms with van der Waals surface area (Å²) in [6, 6.07) is 15.2. The first-order chi connectivity index (χ1) is 16.8. The minimum Gasteiger partial charge on any atom is -0.480 e. The highest BCUT2D eigenvalue weighted by atomic mass is 32.2. The van der Waals surface area contributed by atoms with Gasteiger partial charge in [-0.2, -0.15) is 8.42 Å². The van der Waals surface area contributed by atoms with Crippen LogP contribution < -0.4 is 14.4 Å². The van der Waals surface area contributed by atoms with Crippen LogP contribution in [-0.4, -0.2) is 51.3 Å². The lowest BCUT2D eigenvalue weighted by Crippen LogP contribution is -2.44. The predicted octanol–water partition coefficient (Wildman–Crippen LogP) is 4.19. The summed E-state index contributed by atoms with van der Waals surface area (Å²) in [7, 11) is -0.389. The molecule has 3 rings (SSSR count). The molecule has 3 aromatic rings. The van der Waals surface area contributed by atoms with Crippen molar-refractivity contribution in [3.8, 4) is 5.75 Å². The van der Waals surface area contributed by atoms with Crippen LogP contribution in [0.4, 0.5) is 10.5 Å². The molecule has 0 aliphatic rings. The Kier molecular flexibility index (Phi) is 7.78. The molecule has 2 N–H and O–H groups in total. The maximum atomic E-state index is 13.1. The molecule has 0 aliphatic heterocycles. The summed E-state index contributed by atoms with van der Waals surface area (Å²) in [5, 5.41) is 13.1. The number of amides is 1. The lowest BCUT2D eigenvalue weighted by Gasteiger charge is -2.22. The molecule has 1 atom stereocenters. The van der Waals surface area contributed by atoms with Crippen molar-refractivity contribution in [3.63, 3.8) is 0 Å². The number of carboxylic acids is 1. The van der Waals surface area contributed by atoms with E-state index < -0.39 is 33.8 Å². The van der Waals surface area contributed by atoms with Gasteiger partial charge >= 0.3 is 22.2 Å². The highest BCUT2D eigenvalue weighted by molar-refractivity contribution is 7.87. The summed E-state index contributed by atoms with van der Waals surface area (Å²) >= 11 is 0. The summed E-state index contributed by atoms with van der Waals surface area (Å²) in [5.41, 5.74) is 0.668. The van der Waals surface area contributed by atoms with Crippen molar-refractivity contribution in [1.82, 2.24) is 5.32 Å². The van der Waals surface area contributed by atoms with Gasteiger partial charge in [0.15, 0.2) is 0 Å². The second-order valence-electron chi connectivity index (χ2n) is 9.45. The maximum Gasteiger partial charge on any atom is 0.408 e. The van der Waals surface area contributed by atoms with E-state index in [0.29, 0.717) is 10.9 Å². The molecule has 0 heterocycles. The molecule has 0 saturated heterocycles. The van der Waals surface area contributed by atoms with Crippen molar-refractivity contribution in [1.29, 1.82) is 0 Å². The zero-order valence-corrected chi connectivity index (χ0v) is 21.6. The van der Waals surface area contributed by atoms with Gasteiger partial charge in [-0.15, -0.1) is 0 Å². The van der Waals surface area contributed by atoms with Crippen molar-refractivity contribution >= 4 is 38.6 Å². The Morgan fingerprint density at radius 3 is 2.17 bits per heavy atom. The van der Waals surface area contributed by atoms with E-state index in [0.717, 1.165) is 11.1 Å². The fraction of sp³-hybridized carbons (Fsp3) is 0.308. The molecule has 0 fully saturated rings. The van der Waals surface area contributed by atoms with Crippen molar-refractivity contribution in [2.24, 2.45) is 0 Å². The average Bonchev–Trinajstić information content (AvgIpc) is 2.77. The third-order valence-electron chi connectivity index (χ3n) is 5.17. The number of carbonyl (C=O) groups is 2. The number of fused-ring (bicyclic) bond motifs is 1. The van der Waals surface area contributed by atoms with Gasteiger partial charge < -0.3 is 24.2 Å². The summed E-state index contributed by atoms with van der Waals surface area (Å²) < 4.78 is 36.7. The van der Waals surface area contributed by atoms with Crippen molar-refractivity contribution < 1.29 is 32.0 Å². The molecule has 0 bridgehead atoms. The third-order valence-corrected chi connectivity index (χ3v) is 6.47. The number of rotatable bonds is 8. The van der Waals surface area contributed by atoms with E-state index in [9.17, 15) is 23.1 Å². The number of ether oxygens (including phenoxy) is 1. The third kappa shape index (κ3) is 6.66. The molecule has 0 spiro atoms. The van der Waals surface area contributed by atoms with Gasteiger partial charge in [-0.05, 0) is 50.6 Å². The van der Waals surface area contributed by atoms with E-state index >= 15 is 0 Å². The SMILES string of the molecule is CN(C)c1cccc2c(S(=O)(=O)Oc3ccc(CC(NC(=O)OC(C)(C)C)C(=O)O)cc3)cccc12. The molecule has 0 aromatic heterocycles. The van der Waals surface area contributed by atoms with Gasteiger partial charge in [-0.1, -0.05) is 36.4 Å². The molecule has 1 unspecified atom stereocenters. The number of hydrogen-bond acceptors (Lipinski definition) is 7. The Morgan fingerprint density at radius 1 is 0.972 bits per heavy atom. The van der Waals surface area contributed by atoms with Crippen LogP contribution in [0.2, 0.25) is 0 Å². The smallest absolute Gasteiger partial charge is 0.408 e. The highest BCUT2D eigenvalue weighted by Crippen LogP contribution is 2.31. The van der Waals surface area contributed by atoms with E-state index in [1.165, 1.54) is 18.2 Å². The molecule has 1 amide bonds. The van der Waals surface area contributed by atoms with Crippen LogP contribution in [0.5, 0.6) is 5.75 Å². The number of hydrogen-bond donors (Lipinski definition) is 2. The Hall–Kier alpha value is -3.79. The van der Waals surface area contributed by atoms with Gasteiger partial charge in [0.1, 0.15) is 22.3 Å². The van der Waals surface area contributed by atoms with Crippen LogP contribution in [0.3, 0.4) is 0 Å². The standard InChI is InChI=1S/C26H30N2O7S/c1-26(2,3)34-25(31)27-21(24(29)30)16-17-12-14-18(15-13-17)35-36(32,33)23-11-7-8-19-20(23)9-6-10-22(19)28(4)5/h6-15,21H,16H2,1-5H3,(H,27,31)(H,29,30). The number of carboxylic acid groups (broad SMARTS) is 1. The molecule has 0 saturated carbocycles. The first kappa shape index (κ1) is 26.8. The van der Waals surface area contributed by atoms with E-state index in [2.05, 4.69) is 5.32 Å². The van der Waals surface area contributed by atoms with Crippen LogP contribution in [0.25, 0.3) is 10.8 Å². The lowest BCUT2D eigenvalue weighted by atomic mass is 10.1. The van der Waals surface area contributed by atoms with E-state index in [4.69, 9.17) is 8.92 Å². The molecule has 9 nitrogen and oxygen atoms in total. The number of nitrogens with zero attached hydrogens (tertiary/aromatic N) is 1. The Labute approximate surface area is 210 Å². The molecule has 3 aromatic carbocycles. The minimum absolute atomic E-state index is 0.0295. The quantitative estimate of drug-likeness (QED) is 0.429. The Bertz CT molecular complexity index is 1360.